The number of carbonyl (C=O) groups is 1. The summed E-state index contributed by atoms with van der Waals surface area (Å²) in [5, 5.41) is 2.05. The molecular weight excluding hydrogens is 241 g/mol. The molecule has 2 N–H and O–H groups in total. The van der Waals surface area contributed by atoms with Crippen molar-refractivity contribution < 1.29 is 22.7 Å². The Morgan fingerprint density at radius 1 is 1.53 bits per heavy atom. The number of nitrogens with one attached hydrogen (secondary N) is 2. The van der Waals surface area contributed by atoms with E-state index in [0.29, 0.717) is 6.07 Å². The summed E-state index contributed by atoms with van der Waals surface area (Å²) in [5.41, 5.74) is -2.85. The Morgan fingerprint density at radius 2 is 2.18 bits per heavy atom. The first kappa shape index (κ1) is 13.1. The van der Waals surface area contributed by atoms with Gasteiger partial charge in [0.1, 0.15) is 5.56 Å². The molecule has 0 unspecified atom stereocenters. The Bertz CT molecular complexity index is 467. The number of amides is 1. The molecule has 8 heteroatoms. The highest BCUT2D eigenvalue weighted by atomic mass is 19.4. The lowest BCUT2D eigenvalue weighted by molar-refractivity contribution is -0.138. The Labute approximate surface area is 93.6 Å². The zero-order valence-electron chi connectivity index (χ0n) is 8.72. The van der Waals surface area contributed by atoms with Crippen molar-refractivity contribution in [1.82, 2.24) is 4.98 Å². The molecule has 1 amide bonds. The Hall–Kier alpha value is -1.99. The molecule has 0 saturated heterocycles. The Morgan fingerprint density at radius 3 is 2.71 bits per heavy atom. The standard InChI is InChI=1S/C9H9F3N2O3/c1-2-17-8(16)14-5-3-6(9(10,11)12)7(15)13-4-5/h3-4H,2H2,1H3,(H,13,15)(H,14,16). The molecule has 1 aromatic heterocycles. The van der Waals surface area contributed by atoms with Gasteiger partial charge in [0.25, 0.3) is 5.56 Å². The number of rotatable bonds is 2. The molecule has 0 bridgehead atoms. The van der Waals surface area contributed by atoms with Gasteiger partial charge in [-0.1, -0.05) is 0 Å². The predicted octanol–water partition coefficient (Wildman–Crippen LogP) is 1.96. The van der Waals surface area contributed by atoms with Crippen LogP contribution in [0.2, 0.25) is 0 Å². The number of carbonyl (C=O) groups excluding carboxylic acids is 1. The number of hydrogen-bond acceptors (Lipinski definition) is 3. The van der Waals surface area contributed by atoms with Gasteiger partial charge >= 0.3 is 12.3 Å². The molecule has 1 rings (SSSR count). The van der Waals surface area contributed by atoms with Crippen LogP contribution in [0, 0.1) is 0 Å². The minimum absolute atomic E-state index is 0.0846. The number of aromatic amines is 1. The van der Waals surface area contributed by atoms with Crippen LogP contribution in [0.15, 0.2) is 17.1 Å². The smallest absolute Gasteiger partial charge is 0.421 e. The molecule has 0 aliphatic heterocycles. The summed E-state index contributed by atoms with van der Waals surface area (Å²) in [5.74, 6) is 0. The quantitative estimate of drug-likeness (QED) is 0.842. The van der Waals surface area contributed by atoms with Gasteiger partial charge < -0.3 is 9.72 Å². The first-order chi connectivity index (χ1) is 7.84. The van der Waals surface area contributed by atoms with Crippen molar-refractivity contribution in [3.8, 4) is 0 Å². The second-order valence-corrected chi connectivity index (χ2v) is 2.97. The predicted molar refractivity (Wildman–Crippen MR) is 52.7 cm³/mol. The molecule has 0 saturated carbocycles. The zero-order chi connectivity index (χ0) is 13.1. The van der Waals surface area contributed by atoms with E-state index in [1.807, 2.05) is 4.98 Å². The van der Waals surface area contributed by atoms with Crippen molar-refractivity contribution in [1.29, 1.82) is 0 Å². The van der Waals surface area contributed by atoms with E-state index in [9.17, 15) is 22.8 Å². The third-order valence-corrected chi connectivity index (χ3v) is 1.73. The molecule has 0 aliphatic rings. The van der Waals surface area contributed by atoms with Crippen LogP contribution in [0.5, 0.6) is 0 Å². The number of H-pyrrole nitrogens is 1. The van der Waals surface area contributed by atoms with Crippen LogP contribution in [0.25, 0.3) is 0 Å². The number of halogens is 3. The van der Waals surface area contributed by atoms with Crippen LogP contribution >= 0.6 is 0 Å². The molecule has 1 heterocycles. The lowest BCUT2D eigenvalue weighted by atomic mass is 10.2. The molecule has 0 radical (unpaired) electrons. The molecule has 0 atom stereocenters. The van der Waals surface area contributed by atoms with Crippen LogP contribution in [-0.4, -0.2) is 17.7 Å². The molecule has 0 fully saturated rings. The van der Waals surface area contributed by atoms with Gasteiger partial charge in [-0.2, -0.15) is 13.2 Å². The number of alkyl halides is 3. The van der Waals surface area contributed by atoms with E-state index < -0.39 is 23.4 Å². The third-order valence-electron chi connectivity index (χ3n) is 1.73. The van der Waals surface area contributed by atoms with Crippen LogP contribution in [-0.2, 0) is 10.9 Å². The third kappa shape index (κ3) is 3.51. The molecule has 0 spiro atoms. The summed E-state index contributed by atoms with van der Waals surface area (Å²) < 4.78 is 41.5. The molecule has 94 valence electrons. The first-order valence-electron chi connectivity index (χ1n) is 4.58. The highest BCUT2D eigenvalue weighted by Gasteiger charge is 2.34. The molecule has 17 heavy (non-hydrogen) atoms. The van der Waals surface area contributed by atoms with Crippen LogP contribution in [0.4, 0.5) is 23.7 Å². The maximum atomic E-state index is 12.4. The molecule has 5 nitrogen and oxygen atoms in total. The highest BCUT2D eigenvalue weighted by molar-refractivity contribution is 5.84. The Kier molecular flexibility index (Phi) is 3.77. The van der Waals surface area contributed by atoms with Crippen LogP contribution in [0.3, 0.4) is 0 Å². The topological polar surface area (TPSA) is 71.2 Å². The summed E-state index contributed by atoms with van der Waals surface area (Å²) in [6.07, 6.45) is -4.72. The van der Waals surface area contributed by atoms with Gasteiger partial charge in [-0.05, 0) is 13.0 Å². The number of pyridine rings is 1. The summed E-state index contributed by atoms with van der Waals surface area (Å²) in [4.78, 5) is 23.7. The fraction of sp³-hybridized carbons (Fsp3) is 0.333. The van der Waals surface area contributed by atoms with E-state index in [2.05, 4.69) is 10.1 Å². The maximum Gasteiger partial charge on any atom is 0.421 e. The fourth-order valence-corrected chi connectivity index (χ4v) is 1.05. The van der Waals surface area contributed by atoms with Crippen molar-refractivity contribution in [3.63, 3.8) is 0 Å². The van der Waals surface area contributed by atoms with E-state index in [-0.39, 0.29) is 12.3 Å². The zero-order valence-corrected chi connectivity index (χ0v) is 8.72. The first-order valence-corrected chi connectivity index (χ1v) is 4.58. The lowest BCUT2D eigenvalue weighted by Gasteiger charge is -2.08. The van der Waals surface area contributed by atoms with Crippen molar-refractivity contribution in [3.05, 3.63) is 28.2 Å². The van der Waals surface area contributed by atoms with Gasteiger partial charge in [0, 0.05) is 6.20 Å². The minimum atomic E-state index is -4.78. The van der Waals surface area contributed by atoms with Crippen molar-refractivity contribution in [2.45, 2.75) is 13.1 Å². The summed E-state index contributed by atoms with van der Waals surface area (Å²) in [6.45, 7) is 1.63. The normalized spacial score (nSPS) is 11.1. The number of aromatic nitrogens is 1. The van der Waals surface area contributed by atoms with Crippen LogP contribution in [0.1, 0.15) is 12.5 Å². The summed E-state index contributed by atoms with van der Waals surface area (Å²) in [6, 6.07) is 0.537. The highest BCUT2D eigenvalue weighted by Crippen LogP contribution is 2.27. The van der Waals surface area contributed by atoms with Crippen molar-refractivity contribution >= 4 is 11.8 Å². The van der Waals surface area contributed by atoms with E-state index >= 15 is 0 Å². The van der Waals surface area contributed by atoms with Gasteiger partial charge in [0.05, 0.1) is 12.3 Å². The van der Waals surface area contributed by atoms with E-state index in [4.69, 9.17) is 0 Å². The molecule has 0 aromatic carbocycles. The summed E-state index contributed by atoms with van der Waals surface area (Å²) >= 11 is 0. The van der Waals surface area contributed by atoms with Gasteiger partial charge in [-0.15, -0.1) is 0 Å². The molecular formula is C9H9F3N2O3. The van der Waals surface area contributed by atoms with Crippen molar-refractivity contribution in [2.75, 3.05) is 11.9 Å². The second kappa shape index (κ2) is 4.89. The molecule has 1 aromatic rings. The molecule has 0 aliphatic carbocycles. The van der Waals surface area contributed by atoms with E-state index in [0.717, 1.165) is 6.20 Å². The number of anilines is 1. The average Bonchev–Trinajstić information content (AvgIpc) is 2.19. The maximum absolute atomic E-state index is 12.4. The van der Waals surface area contributed by atoms with Gasteiger partial charge in [0.2, 0.25) is 0 Å². The van der Waals surface area contributed by atoms with Gasteiger partial charge in [-0.25, -0.2) is 4.79 Å². The largest absolute Gasteiger partial charge is 0.450 e. The minimum Gasteiger partial charge on any atom is -0.450 e. The summed E-state index contributed by atoms with van der Waals surface area (Å²) in [7, 11) is 0. The number of ether oxygens (including phenoxy) is 1. The average molecular weight is 250 g/mol. The van der Waals surface area contributed by atoms with Crippen LogP contribution < -0.4 is 10.9 Å². The van der Waals surface area contributed by atoms with E-state index in [1.54, 1.807) is 6.92 Å². The lowest BCUT2D eigenvalue weighted by Crippen LogP contribution is -2.22. The van der Waals surface area contributed by atoms with Gasteiger partial charge in [-0.3, -0.25) is 10.1 Å². The monoisotopic (exact) mass is 250 g/mol. The van der Waals surface area contributed by atoms with Crippen molar-refractivity contribution in [2.24, 2.45) is 0 Å². The second-order valence-electron chi connectivity index (χ2n) is 2.97. The Balaban J connectivity index is 2.98. The number of hydrogen-bond donors (Lipinski definition) is 2. The van der Waals surface area contributed by atoms with E-state index in [1.165, 1.54) is 0 Å². The SMILES string of the molecule is CCOC(=O)Nc1c[nH]c(=O)c(C(F)(F)F)c1. The van der Waals surface area contributed by atoms with Gasteiger partial charge in [0.15, 0.2) is 0 Å². The fourth-order valence-electron chi connectivity index (χ4n) is 1.05.